The lowest BCUT2D eigenvalue weighted by molar-refractivity contribution is 0.310. The molecule has 0 spiro atoms. The summed E-state index contributed by atoms with van der Waals surface area (Å²) in [6.45, 7) is 6.16. The van der Waals surface area contributed by atoms with E-state index in [-0.39, 0.29) is 0 Å². The molecule has 0 aromatic carbocycles. The molecule has 2 rings (SSSR count). The van der Waals surface area contributed by atoms with Crippen LogP contribution in [-0.4, -0.2) is 30.4 Å². The first-order chi connectivity index (χ1) is 6.61. The molecule has 0 aliphatic carbocycles. The molecule has 0 radical (unpaired) electrons. The zero-order chi connectivity index (χ0) is 10.8. The van der Waals surface area contributed by atoms with E-state index >= 15 is 0 Å². The summed E-state index contributed by atoms with van der Waals surface area (Å²) in [7, 11) is 4.34. The minimum atomic E-state index is 0.819. The fourth-order valence-corrected chi connectivity index (χ4v) is 1.94. The van der Waals surface area contributed by atoms with E-state index in [1.807, 2.05) is 18.5 Å². The van der Waals surface area contributed by atoms with Gasteiger partial charge in [-0.1, -0.05) is 13.8 Å². The molecular formula is C10H21N4+. The van der Waals surface area contributed by atoms with Crippen molar-refractivity contribution in [3.8, 4) is 0 Å². The fraction of sp³-hybridized carbons (Fsp3) is 0.700. The van der Waals surface area contributed by atoms with Crippen molar-refractivity contribution in [1.82, 2.24) is 14.3 Å². The number of hydrogen-bond acceptors (Lipinski definition) is 2. The molecule has 0 saturated heterocycles. The van der Waals surface area contributed by atoms with Crippen molar-refractivity contribution in [2.45, 2.75) is 26.8 Å². The van der Waals surface area contributed by atoms with Gasteiger partial charge in [0.25, 0.3) is 0 Å². The maximum atomic E-state index is 5.84. The molecule has 2 N–H and O–H groups in total. The van der Waals surface area contributed by atoms with Gasteiger partial charge < -0.3 is 5.73 Å². The van der Waals surface area contributed by atoms with Crippen LogP contribution < -0.4 is 10.2 Å². The van der Waals surface area contributed by atoms with Crippen molar-refractivity contribution in [2.75, 3.05) is 26.4 Å². The molecule has 1 aliphatic heterocycles. The van der Waals surface area contributed by atoms with Gasteiger partial charge in [-0.25, -0.2) is 4.68 Å². The highest BCUT2D eigenvalue weighted by Gasteiger charge is 2.30. The zero-order valence-corrected chi connectivity index (χ0v) is 9.62. The van der Waals surface area contributed by atoms with E-state index in [1.54, 1.807) is 6.20 Å². The molecule has 4 heteroatoms. The third-order valence-electron chi connectivity index (χ3n) is 2.50. The molecule has 0 amide bonds. The van der Waals surface area contributed by atoms with Crippen LogP contribution in [0.1, 0.15) is 20.3 Å². The van der Waals surface area contributed by atoms with Gasteiger partial charge in [0.2, 0.25) is 5.82 Å². The largest absolute Gasteiger partial charge is 0.391 e. The lowest BCUT2D eigenvalue weighted by Crippen LogP contribution is -2.46. The van der Waals surface area contributed by atoms with Crippen LogP contribution >= 0.6 is 0 Å². The van der Waals surface area contributed by atoms with E-state index in [1.165, 1.54) is 6.42 Å². The molecule has 80 valence electrons. The first kappa shape index (κ1) is 11.0. The summed E-state index contributed by atoms with van der Waals surface area (Å²) in [6, 6.07) is 0. The summed E-state index contributed by atoms with van der Waals surface area (Å²) in [5.41, 5.74) is 6.66. The van der Waals surface area contributed by atoms with E-state index in [4.69, 9.17) is 5.73 Å². The first-order valence-corrected chi connectivity index (χ1v) is 5.26. The lowest BCUT2D eigenvalue weighted by Gasteiger charge is -2.33. The van der Waals surface area contributed by atoms with Gasteiger partial charge in [0.1, 0.15) is 5.69 Å². The number of quaternary nitrogens is 1. The molecule has 0 saturated carbocycles. The van der Waals surface area contributed by atoms with E-state index in [9.17, 15) is 0 Å². The maximum absolute atomic E-state index is 5.84. The number of nitrogens with two attached hydrogens (primary N) is 1. The Bertz CT molecular complexity index is 301. The zero-order valence-electron chi connectivity index (χ0n) is 9.62. The van der Waals surface area contributed by atoms with Gasteiger partial charge in [-0.15, -0.1) is 0 Å². The average Bonchev–Trinajstić information content (AvgIpc) is 2.52. The summed E-state index contributed by atoms with van der Waals surface area (Å²) in [5.74, 6) is 1.15. The number of fused-ring (bicyclic) bond motifs is 1. The van der Waals surface area contributed by atoms with Crippen LogP contribution in [0.2, 0.25) is 0 Å². The summed E-state index contributed by atoms with van der Waals surface area (Å²) in [4.78, 5) is 0. The van der Waals surface area contributed by atoms with Crippen LogP contribution in [0.15, 0.2) is 6.20 Å². The van der Waals surface area contributed by atoms with Gasteiger partial charge in [0.05, 0.1) is 33.4 Å². The number of hydrogen-bond donors (Lipinski definition) is 1. The van der Waals surface area contributed by atoms with Crippen LogP contribution in [0.25, 0.3) is 0 Å². The minimum Gasteiger partial charge on any atom is -0.391 e. The van der Waals surface area contributed by atoms with Crippen molar-refractivity contribution in [1.29, 1.82) is 0 Å². The molecule has 1 aliphatic rings. The third-order valence-corrected chi connectivity index (χ3v) is 2.50. The van der Waals surface area contributed by atoms with Gasteiger partial charge >= 0.3 is 0 Å². The number of aryl methyl sites for hydroxylation is 1. The van der Waals surface area contributed by atoms with E-state index in [2.05, 4.69) is 19.2 Å². The maximum Gasteiger partial charge on any atom is 0.249 e. The van der Waals surface area contributed by atoms with Crippen LogP contribution in [-0.2, 0) is 6.54 Å². The molecule has 0 unspecified atom stereocenters. The number of nitrogens with zero attached hydrogens (tertiary/aromatic N) is 3. The number of nitrogen functional groups attached to an aromatic ring is 1. The highest BCUT2D eigenvalue weighted by Crippen LogP contribution is 2.29. The second-order valence-electron chi connectivity index (χ2n) is 3.91. The van der Waals surface area contributed by atoms with Crippen molar-refractivity contribution < 1.29 is 0 Å². The number of anilines is 1. The van der Waals surface area contributed by atoms with Crippen molar-refractivity contribution in [3.05, 3.63) is 6.20 Å². The first-order valence-electron chi connectivity index (χ1n) is 5.26. The second kappa shape index (κ2) is 4.00. The minimum absolute atomic E-state index is 0.819. The molecule has 1 aromatic heterocycles. The lowest BCUT2D eigenvalue weighted by atomic mass is 10.2. The molecule has 4 nitrogen and oxygen atoms in total. The Labute approximate surface area is 85.9 Å². The Morgan fingerprint density at radius 2 is 2.07 bits per heavy atom. The topological polar surface area (TPSA) is 43.8 Å². The quantitative estimate of drug-likeness (QED) is 0.640. The van der Waals surface area contributed by atoms with E-state index < -0.39 is 0 Å². The third kappa shape index (κ3) is 1.75. The van der Waals surface area contributed by atoms with Gasteiger partial charge in [-0.2, -0.15) is 5.10 Å². The molecule has 0 atom stereocenters. The van der Waals surface area contributed by atoms with Gasteiger partial charge in [0, 0.05) is 6.42 Å². The Hall–Kier alpha value is -1.03. The Kier molecular flexibility index (Phi) is 3.16. The molecule has 1 aromatic rings. The number of rotatable bonds is 0. The van der Waals surface area contributed by atoms with Crippen molar-refractivity contribution >= 4 is 11.5 Å². The Morgan fingerprint density at radius 3 is 2.64 bits per heavy atom. The van der Waals surface area contributed by atoms with Crippen LogP contribution in [0.3, 0.4) is 0 Å². The number of aromatic nitrogens is 2. The van der Waals surface area contributed by atoms with Crippen LogP contribution in [0, 0.1) is 0 Å². The van der Waals surface area contributed by atoms with Gasteiger partial charge in [0.15, 0.2) is 0 Å². The molecule has 2 heterocycles. The van der Waals surface area contributed by atoms with E-state index in [0.29, 0.717) is 0 Å². The molecule has 0 fully saturated rings. The highest BCUT2D eigenvalue weighted by atomic mass is 15.5. The van der Waals surface area contributed by atoms with Crippen LogP contribution in [0.5, 0.6) is 0 Å². The molecule has 14 heavy (non-hydrogen) atoms. The van der Waals surface area contributed by atoms with Gasteiger partial charge in [-0.3, -0.25) is 4.48 Å². The summed E-state index contributed by atoms with van der Waals surface area (Å²) < 4.78 is 2.87. The average molecular weight is 197 g/mol. The highest BCUT2D eigenvalue weighted by molar-refractivity contribution is 5.59. The van der Waals surface area contributed by atoms with Crippen molar-refractivity contribution in [3.63, 3.8) is 0 Å². The predicted molar refractivity (Wildman–Crippen MR) is 61.1 cm³/mol. The molecule has 0 bridgehead atoms. The van der Waals surface area contributed by atoms with E-state index in [0.717, 1.165) is 29.1 Å². The Morgan fingerprint density at radius 1 is 1.43 bits per heavy atom. The smallest absolute Gasteiger partial charge is 0.249 e. The summed E-state index contributed by atoms with van der Waals surface area (Å²) in [6.07, 6.45) is 2.93. The predicted octanol–water partition coefficient (Wildman–Crippen LogP) is 1.46. The standard InChI is InChI=1S/C8H15N4.C2H6/c1-12(2)5-3-4-11-8(12)7(9)6-10-11;1-2/h6H,3-5,9H2,1-2H3;1-2H3/q+1;. The second-order valence-corrected chi connectivity index (χ2v) is 3.91. The summed E-state index contributed by atoms with van der Waals surface area (Å²) >= 11 is 0. The fourth-order valence-electron chi connectivity index (χ4n) is 1.94. The molecular weight excluding hydrogens is 176 g/mol. The van der Waals surface area contributed by atoms with Crippen LogP contribution in [0.4, 0.5) is 11.5 Å². The Balaban J connectivity index is 0.000000461. The monoisotopic (exact) mass is 197 g/mol. The summed E-state index contributed by atoms with van der Waals surface area (Å²) in [5, 5.41) is 4.23. The van der Waals surface area contributed by atoms with Gasteiger partial charge in [-0.05, 0) is 0 Å². The van der Waals surface area contributed by atoms with Crippen molar-refractivity contribution in [2.24, 2.45) is 0 Å². The SMILES string of the molecule is CC.C[N+]1(C)CCCn2ncc(N)c21. The normalized spacial score (nSPS) is 18.0.